The first-order chi connectivity index (χ1) is 9.28. The molecule has 1 aliphatic carbocycles. The molecule has 0 saturated heterocycles. The van der Waals surface area contributed by atoms with Gasteiger partial charge in [-0.05, 0) is 48.9 Å². The molecule has 1 fully saturated rings. The molecule has 0 radical (unpaired) electrons. The van der Waals surface area contributed by atoms with Crippen LogP contribution in [-0.2, 0) is 9.22 Å². The Morgan fingerprint density at radius 1 is 1.15 bits per heavy atom. The molecule has 114 valence electrons. The monoisotopic (exact) mass is 294 g/mol. The highest BCUT2D eigenvalue weighted by atomic mass is 28.4. The van der Waals surface area contributed by atoms with Crippen LogP contribution in [0.25, 0.3) is 0 Å². The molecule has 0 aromatic heterocycles. The van der Waals surface area contributed by atoms with E-state index in [9.17, 15) is 4.79 Å². The van der Waals surface area contributed by atoms with Crippen LogP contribution in [0.15, 0.2) is 24.3 Å². The average Bonchev–Trinajstić information content (AvgIpc) is 2.78. The molecule has 2 atom stereocenters. The van der Waals surface area contributed by atoms with Gasteiger partial charge in [-0.2, -0.15) is 0 Å². The van der Waals surface area contributed by atoms with Crippen LogP contribution in [0.4, 0.5) is 0 Å². The van der Waals surface area contributed by atoms with E-state index in [0.29, 0.717) is 11.8 Å². The highest BCUT2D eigenvalue weighted by Gasteiger charge is 2.38. The van der Waals surface area contributed by atoms with Crippen molar-refractivity contribution >= 4 is 14.6 Å². The second-order valence-corrected chi connectivity index (χ2v) is 12.1. The maximum atomic E-state index is 10.2. The molecule has 3 heteroatoms. The van der Waals surface area contributed by atoms with E-state index in [1.54, 1.807) is 0 Å². The second kappa shape index (κ2) is 7.37. The van der Waals surface area contributed by atoms with Gasteiger partial charge in [0.1, 0.15) is 6.29 Å². The Balaban J connectivity index is 2.52. The Morgan fingerprint density at radius 3 is 2.45 bits per heavy atom. The van der Waals surface area contributed by atoms with Crippen molar-refractivity contribution in [1.82, 2.24) is 0 Å². The van der Waals surface area contributed by atoms with Gasteiger partial charge < -0.3 is 4.43 Å². The predicted octanol–water partition coefficient (Wildman–Crippen LogP) is 4.74. The minimum absolute atomic E-state index is 0.281. The molecule has 0 amide bonds. The third-order valence-electron chi connectivity index (χ3n) is 4.84. The summed E-state index contributed by atoms with van der Waals surface area (Å²) in [5.41, 5.74) is 0. The van der Waals surface area contributed by atoms with Crippen LogP contribution in [0.1, 0.15) is 40.0 Å². The van der Waals surface area contributed by atoms with Gasteiger partial charge in [0.2, 0.25) is 0 Å². The Morgan fingerprint density at radius 2 is 1.85 bits per heavy atom. The summed E-state index contributed by atoms with van der Waals surface area (Å²) in [6.45, 7) is 12.4. The lowest BCUT2D eigenvalue weighted by molar-refractivity contribution is -0.104. The maximum Gasteiger partial charge on any atom is 0.191 e. The third-order valence-corrected chi connectivity index (χ3v) is 9.34. The van der Waals surface area contributed by atoms with E-state index in [4.69, 9.17) is 4.43 Å². The zero-order valence-electron chi connectivity index (χ0n) is 13.7. The van der Waals surface area contributed by atoms with Crippen molar-refractivity contribution in [2.75, 3.05) is 6.61 Å². The topological polar surface area (TPSA) is 26.3 Å². The molecular formula is C17H30O2Si. The van der Waals surface area contributed by atoms with Gasteiger partial charge in [-0.15, -0.1) is 0 Å². The van der Waals surface area contributed by atoms with Crippen LogP contribution < -0.4 is 0 Å². The van der Waals surface area contributed by atoms with Crippen LogP contribution in [0, 0.1) is 11.8 Å². The number of aldehydes is 1. The molecule has 20 heavy (non-hydrogen) atoms. The number of hydrogen-bond acceptors (Lipinski definition) is 2. The maximum absolute atomic E-state index is 10.2. The van der Waals surface area contributed by atoms with Gasteiger partial charge in [0.25, 0.3) is 0 Å². The highest BCUT2D eigenvalue weighted by molar-refractivity contribution is 6.74. The van der Waals surface area contributed by atoms with Gasteiger partial charge in [-0.25, -0.2) is 0 Å². The Bertz CT molecular complexity index is 364. The molecular weight excluding hydrogens is 264 g/mol. The summed E-state index contributed by atoms with van der Waals surface area (Å²) in [4.78, 5) is 10.2. The fraction of sp³-hybridized carbons (Fsp3) is 0.706. The van der Waals surface area contributed by atoms with E-state index in [2.05, 4.69) is 39.9 Å². The van der Waals surface area contributed by atoms with Crippen molar-refractivity contribution in [2.45, 2.75) is 58.2 Å². The molecule has 0 aliphatic heterocycles. The Kier molecular flexibility index (Phi) is 6.40. The lowest BCUT2D eigenvalue weighted by Gasteiger charge is -2.37. The van der Waals surface area contributed by atoms with Crippen LogP contribution in [-0.4, -0.2) is 21.2 Å². The number of carbonyl (C=O) groups excluding carboxylic acids is 1. The largest absolute Gasteiger partial charge is 0.417 e. The van der Waals surface area contributed by atoms with Crippen LogP contribution in [0.3, 0.4) is 0 Å². The number of hydrogen-bond donors (Lipinski definition) is 0. The summed E-state index contributed by atoms with van der Waals surface area (Å²) in [5.74, 6) is 1.25. The zero-order valence-corrected chi connectivity index (χ0v) is 14.7. The lowest BCUT2D eigenvalue weighted by atomic mass is 9.96. The van der Waals surface area contributed by atoms with E-state index in [0.717, 1.165) is 12.9 Å². The Hall–Kier alpha value is -0.673. The summed E-state index contributed by atoms with van der Waals surface area (Å²) in [5, 5.41) is 0.281. The lowest BCUT2D eigenvalue weighted by Crippen LogP contribution is -2.42. The van der Waals surface area contributed by atoms with Crippen molar-refractivity contribution in [2.24, 2.45) is 11.8 Å². The molecule has 0 heterocycles. The molecule has 0 unspecified atom stereocenters. The molecule has 1 aliphatic rings. The molecule has 0 aromatic carbocycles. The average molecular weight is 295 g/mol. The zero-order chi connectivity index (χ0) is 15.2. The van der Waals surface area contributed by atoms with E-state index >= 15 is 0 Å². The second-order valence-electron chi connectivity index (χ2n) is 7.33. The van der Waals surface area contributed by atoms with E-state index in [1.165, 1.54) is 25.3 Å². The SMILES string of the molecule is CC(C)(C)[Si](C)(C)OC[C@@H]1CCC[C@H]1/C=C/C=C/C=O. The van der Waals surface area contributed by atoms with E-state index in [-0.39, 0.29) is 5.04 Å². The van der Waals surface area contributed by atoms with Crippen molar-refractivity contribution < 1.29 is 9.22 Å². The first-order valence-electron chi connectivity index (χ1n) is 7.70. The number of rotatable bonds is 6. The summed E-state index contributed by atoms with van der Waals surface area (Å²) in [6, 6.07) is 0. The molecule has 0 N–H and O–H groups in total. The summed E-state index contributed by atoms with van der Waals surface area (Å²) < 4.78 is 6.37. The molecule has 0 spiro atoms. The van der Waals surface area contributed by atoms with Crippen LogP contribution in [0.5, 0.6) is 0 Å². The quantitative estimate of drug-likeness (QED) is 0.306. The minimum atomic E-state index is -1.63. The Labute approximate surface area is 125 Å². The predicted molar refractivity (Wildman–Crippen MR) is 88.3 cm³/mol. The fourth-order valence-corrected chi connectivity index (χ4v) is 3.44. The van der Waals surface area contributed by atoms with E-state index in [1.807, 2.05) is 12.2 Å². The first-order valence-corrected chi connectivity index (χ1v) is 10.6. The molecule has 1 saturated carbocycles. The standard InChI is InChI=1S/C17H30O2Si/c1-17(2,3)20(4,5)19-14-16-12-9-11-15(16)10-7-6-8-13-18/h6-8,10,13,15-16H,9,11-12,14H2,1-5H3/b8-6+,10-7+/t15-,16+/m1/s1. The third kappa shape index (κ3) is 5.02. The number of carbonyl (C=O) groups is 1. The van der Waals surface area contributed by atoms with Crippen molar-refractivity contribution in [3.8, 4) is 0 Å². The molecule has 0 bridgehead atoms. The smallest absolute Gasteiger partial charge is 0.191 e. The van der Waals surface area contributed by atoms with Crippen molar-refractivity contribution in [3.05, 3.63) is 24.3 Å². The van der Waals surface area contributed by atoms with Gasteiger partial charge in [0.15, 0.2) is 8.32 Å². The minimum Gasteiger partial charge on any atom is -0.417 e. The fourth-order valence-electron chi connectivity index (χ4n) is 2.37. The van der Waals surface area contributed by atoms with Crippen molar-refractivity contribution in [1.29, 1.82) is 0 Å². The van der Waals surface area contributed by atoms with Gasteiger partial charge in [0.05, 0.1) is 0 Å². The first kappa shape index (κ1) is 17.4. The van der Waals surface area contributed by atoms with Gasteiger partial charge >= 0.3 is 0 Å². The normalized spacial score (nSPS) is 24.9. The number of allylic oxidation sites excluding steroid dienone is 4. The van der Waals surface area contributed by atoms with Crippen LogP contribution in [0.2, 0.25) is 18.1 Å². The molecule has 2 nitrogen and oxygen atoms in total. The molecule has 0 aromatic rings. The van der Waals surface area contributed by atoms with Crippen molar-refractivity contribution in [3.63, 3.8) is 0 Å². The summed E-state index contributed by atoms with van der Waals surface area (Å²) >= 11 is 0. The highest BCUT2D eigenvalue weighted by Crippen LogP contribution is 2.39. The summed E-state index contributed by atoms with van der Waals surface area (Å²) in [6.07, 6.45) is 12.2. The van der Waals surface area contributed by atoms with Gasteiger partial charge in [0, 0.05) is 6.61 Å². The van der Waals surface area contributed by atoms with Crippen LogP contribution >= 0.6 is 0 Å². The summed E-state index contributed by atoms with van der Waals surface area (Å²) in [7, 11) is -1.63. The van der Waals surface area contributed by atoms with E-state index < -0.39 is 8.32 Å². The van der Waals surface area contributed by atoms with Gasteiger partial charge in [-0.3, -0.25) is 4.79 Å². The van der Waals surface area contributed by atoms with Gasteiger partial charge in [-0.1, -0.05) is 45.4 Å². The molecule has 1 rings (SSSR count).